The van der Waals surface area contributed by atoms with Crippen molar-refractivity contribution in [1.82, 2.24) is 10.6 Å². The van der Waals surface area contributed by atoms with Gasteiger partial charge in [0.15, 0.2) is 13.2 Å². The highest BCUT2D eigenvalue weighted by Crippen LogP contribution is 2.17. The first-order valence-corrected chi connectivity index (χ1v) is 8.18. The predicted octanol–water partition coefficient (Wildman–Crippen LogP) is 1.63. The monoisotopic (exact) mass is 376 g/mol. The van der Waals surface area contributed by atoms with E-state index in [0.29, 0.717) is 23.9 Å². The van der Waals surface area contributed by atoms with E-state index in [1.165, 1.54) is 6.26 Å². The molecule has 0 aliphatic carbocycles. The van der Waals surface area contributed by atoms with E-state index < -0.39 is 24.5 Å². The molecule has 2 aromatic rings. The number of furan rings is 1. The van der Waals surface area contributed by atoms with Crippen LogP contribution in [0.25, 0.3) is 0 Å². The van der Waals surface area contributed by atoms with E-state index in [0.717, 1.165) is 0 Å². The molecule has 9 heteroatoms. The van der Waals surface area contributed by atoms with E-state index >= 15 is 0 Å². The molecule has 0 bridgehead atoms. The maximum atomic E-state index is 11.6. The molecule has 0 aliphatic rings. The molecular weight excluding hydrogens is 356 g/mol. The van der Waals surface area contributed by atoms with E-state index in [-0.39, 0.29) is 13.2 Å². The Hall–Kier alpha value is -3.49. The molecule has 0 atom stereocenters. The van der Waals surface area contributed by atoms with Crippen LogP contribution in [-0.2, 0) is 20.9 Å². The van der Waals surface area contributed by atoms with Crippen molar-refractivity contribution >= 4 is 17.9 Å². The molecule has 27 heavy (non-hydrogen) atoms. The predicted molar refractivity (Wildman–Crippen MR) is 93.2 cm³/mol. The van der Waals surface area contributed by atoms with Gasteiger partial charge in [0.2, 0.25) is 0 Å². The average molecular weight is 376 g/mol. The number of esters is 1. The second-order valence-corrected chi connectivity index (χ2v) is 5.16. The summed E-state index contributed by atoms with van der Waals surface area (Å²) >= 11 is 0. The maximum Gasteiger partial charge on any atom is 0.344 e. The highest BCUT2D eigenvalue weighted by molar-refractivity contribution is 5.95. The molecule has 0 saturated carbocycles. The molecular formula is C18H20N2O7. The van der Waals surface area contributed by atoms with E-state index in [9.17, 15) is 14.4 Å². The Morgan fingerprint density at radius 2 is 1.70 bits per heavy atom. The van der Waals surface area contributed by atoms with Gasteiger partial charge in [-0.1, -0.05) is 0 Å². The zero-order valence-electron chi connectivity index (χ0n) is 14.7. The van der Waals surface area contributed by atoms with Crippen molar-refractivity contribution in [1.29, 1.82) is 0 Å². The summed E-state index contributed by atoms with van der Waals surface area (Å²) in [7, 11) is 0. The third-order valence-corrected chi connectivity index (χ3v) is 3.11. The van der Waals surface area contributed by atoms with Crippen molar-refractivity contribution in [3.05, 3.63) is 48.4 Å². The lowest BCUT2D eigenvalue weighted by atomic mass is 10.3. The first-order valence-electron chi connectivity index (χ1n) is 8.18. The Morgan fingerprint density at radius 3 is 2.33 bits per heavy atom. The van der Waals surface area contributed by atoms with Crippen LogP contribution in [-0.4, -0.2) is 37.7 Å². The van der Waals surface area contributed by atoms with Crippen molar-refractivity contribution in [3.63, 3.8) is 0 Å². The smallest absolute Gasteiger partial charge is 0.344 e. The van der Waals surface area contributed by atoms with Crippen LogP contribution in [0.3, 0.4) is 0 Å². The second-order valence-electron chi connectivity index (χ2n) is 5.16. The van der Waals surface area contributed by atoms with Gasteiger partial charge in [-0.2, -0.15) is 0 Å². The molecule has 3 amide bonds. The molecule has 2 N–H and O–H groups in total. The quantitative estimate of drug-likeness (QED) is 0.639. The Balaban J connectivity index is 1.61. The fourth-order valence-corrected chi connectivity index (χ4v) is 1.92. The highest BCUT2D eigenvalue weighted by Gasteiger charge is 2.11. The van der Waals surface area contributed by atoms with Gasteiger partial charge in [0.1, 0.15) is 17.3 Å². The number of amides is 3. The summed E-state index contributed by atoms with van der Waals surface area (Å²) in [5.41, 5.74) is 0. The van der Waals surface area contributed by atoms with Gasteiger partial charge in [-0.05, 0) is 43.3 Å². The van der Waals surface area contributed by atoms with E-state index in [2.05, 4.69) is 5.32 Å². The van der Waals surface area contributed by atoms with Gasteiger partial charge in [-0.15, -0.1) is 0 Å². The van der Waals surface area contributed by atoms with Gasteiger partial charge >= 0.3 is 12.0 Å². The minimum absolute atomic E-state index is 0.127. The van der Waals surface area contributed by atoms with Gasteiger partial charge < -0.3 is 23.9 Å². The number of carbonyl (C=O) groups is 3. The Labute approximate surface area is 155 Å². The van der Waals surface area contributed by atoms with E-state index in [4.69, 9.17) is 18.6 Å². The Morgan fingerprint density at radius 1 is 1.00 bits per heavy atom. The SMILES string of the molecule is CCOc1ccc(OCC(=O)OCC(=O)NC(=O)NCc2ccco2)cc1. The molecule has 1 aromatic heterocycles. The Kier molecular flexibility index (Phi) is 7.70. The summed E-state index contributed by atoms with van der Waals surface area (Å²) in [6, 6.07) is 9.34. The lowest BCUT2D eigenvalue weighted by molar-refractivity contribution is -0.150. The first-order chi connectivity index (χ1) is 13.1. The van der Waals surface area contributed by atoms with Crippen LogP contribution in [0, 0.1) is 0 Å². The van der Waals surface area contributed by atoms with Crippen LogP contribution in [0.5, 0.6) is 11.5 Å². The van der Waals surface area contributed by atoms with Gasteiger partial charge in [0, 0.05) is 0 Å². The number of imide groups is 1. The molecule has 2 rings (SSSR count). The number of urea groups is 1. The van der Waals surface area contributed by atoms with Crippen LogP contribution < -0.4 is 20.1 Å². The van der Waals surface area contributed by atoms with Crippen LogP contribution in [0.4, 0.5) is 4.79 Å². The topological polar surface area (TPSA) is 116 Å². The molecule has 0 saturated heterocycles. The number of carbonyl (C=O) groups excluding carboxylic acids is 3. The summed E-state index contributed by atoms with van der Waals surface area (Å²) in [6.45, 7) is 1.59. The molecule has 144 valence electrons. The highest BCUT2D eigenvalue weighted by atomic mass is 16.6. The average Bonchev–Trinajstić information content (AvgIpc) is 3.18. The molecule has 0 aliphatic heterocycles. The molecule has 1 heterocycles. The standard InChI is InChI=1S/C18H20N2O7/c1-2-24-13-5-7-14(8-6-13)26-12-17(22)27-11-16(21)20-18(23)19-10-15-4-3-9-25-15/h3-9H,2,10-12H2,1H3,(H2,19,20,21,23). The lowest BCUT2D eigenvalue weighted by Gasteiger charge is -2.08. The first kappa shape index (κ1) is 19.8. The third-order valence-electron chi connectivity index (χ3n) is 3.11. The van der Waals surface area contributed by atoms with Gasteiger partial charge in [0.05, 0.1) is 19.4 Å². The summed E-state index contributed by atoms with van der Waals surface area (Å²) in [5.74, 6) is 0.179. The largest absolute Gasteiger partial charge is 0.494 e. The van der Waals surface area contributed by atoms with Crippen molar-refractivity contribution < 1.29 is 33.0 Å². The van der Waals surface area contributed by atoms with Crippen LogP contribution in [0.15, 0.2) is 47.1 Å². The summed E-state index contributed by atoms with van der Waals surface area (Å²) in [4.78, 5) is 34.7. The normalized spacial score (nSPS) is 9.96. The molecule has 9 nitrogen and oxygen atoms in total. The van der Waals surface area contributed by atoms with E-state index in [1.807, 2.05) is 12.2 Å². The van der Waals surface area contributed by atoms with Crippen LogP contribution >= 0.6 is 0 Å². The van der Waals surface area contributed by atoms with Gasteiger partial charge in [-0.25, -0.2) is 9.59 Å². The number of hydrogen-bond acceptors (Lipinski definition) is 7. The maximum absolute atomic E-state index is 11.6. The minimum Gasteiger partial charge on any atom is -0.494 e. The molecule has 1 aromatic carbocycles. The summed E-state index contributed by atoms with van der Waals surface area (Å²) in [5, 5.41) is 4.45. The summed E-state index contributed by atoms with van der Waals surface area (Å²) in [6.07, 6.45) is 1.47. The lowest BCUT2D eigenvalue weighted by Crippen LogP contribution is -2.41. The Bertz CT molecular complexity index is 742. The number of ether oxygens (including phenoxy) is 3. The number of benzene rings is 1. The molecule has 0 spiro atoms. The molecule has 0 fully saturated rings. The summed E-state index contributed by atoms with van der Waals surface area (Å²) < 4.78 is 20.3. The number of rotatable bonds is 9. The zero-order chi connectivity index (χ0) is 19.5. The van der Waals surface area contributed by atoms with E-state index in [1.54, 1.807) is 36.4 Å². The minimum atomic E-state index is -0.763. The van der Waals surface area contributed by atoms with Crippen molar-refractivity contribution in [2.24, 2.45) is 0 Å². The van der Waals surface area contributed by atoms with Crippen molar-refractivity contribution in [3.8, 4) is 11.5 Å². The number of nitrogens with one attached hydrogen (secondary N) is 2. The van der Waals surface area contributed by atoms with Crippen molar-refractivity contribution in [2.75, 3.05) is 19.8 Å². The molecule has 0 unspecified atom stereocenters. The fraction of sp³-hybridized carbons (Fsp3) is 0.278. The fourth-order valence-electron chi connectivity index (χ4n) is 1.92. The van der Waals surface area contributed by atoms with Crippen LogP contribution in [0.1, 0.15) is 12.7 Å². The zero-order valence-corrected chi connectivity index (χ0v) is 14.7. The van der Waals surface area contributed by atoms with Gasteiger partial charge in [-0.3, -0.25) is 10.1 Å². The van der Waals surface area contributed by atoms with Gasteiger partial charge in [0.25, 0.3) is 5.91 Å². The van der Waals surface area contributed by atoms with Crippen molar-refractivity contribution in [2.45, 2.75) is 13.5 Å². The van der Waals surface area contributed by atoms with Crippen LogP contribution in [0.2, 0.25) is 0 Å². The molecule has 0 radical (unpaired) electrons. The third kappa shape index (κ3) is 7.51. The second kappa shape index (κ2) is 10.5. The number of hydrogen-bond donors (Lipinski definition) is 2.